The normalized spacial score (nSPS) is 21.1. The van der Waals surface area contributed by atoms with Crippen LogP contribution in [0.3, 0.4) is 0 Å². The number of hydrogen-bond acceptors (Lipinski definition) is 3. The first-order valence-corrected chi connectivity index (χ1v) is 9.54. The summed E-state index contributed by atoms with van der Waals surface area (Å²) in [5, 5.41) is 2.40. The molecule has 0 spiro atoms. The molecule has 2 aliphatic rings. The van der Waals surface area contributed by atoms with Crippen LogP contribution in [0.25, 0.3) is 0 Å². The van der Waals surface area contributed by atoms with E-state index in [0.717, 1.165) is 54.3 Å². The highest BCUT2D eigenvalue weighted by molar-refractivity contribution is 6.11. The van der Waals surface area contributed by atoms with Crippen LogP contribution in [-0.2, 0) is 23.2 Å². The standard InChI is InChI=1S/C22H20F2N2O3/c1-22(17-11-16(23)8-9-18(17)24)20(28)26(21(29)25-22)12-19(27)15-7-6-13-4-2-3-5-14(13)10-15/h6-11H,2-5,12H2,1H3,(H,25,29)/t22-/m0/s1. The van der Waals surface area contributed by atoms with Crippen molar-refractivity contribution in [1.82, 2.24) is 10.2 Å². The topological polar surface area (TPSA) is 66.5 Å². The van der Waals surface area contributed by atoms with Crippen molar-refractivity contribution in [3.63, 3.8) is 0 Å². The quantitative estimate of drug-likeness (QED) is 0.633. The molecule has 1 saturated heterocycles. The molecule has 7 heteroatoms. The van der Waals surface area contributed by atoms with E-state index in [1.54, 1.807) is 6.07 Å². The molecule has 4 rings (SSSR count). The predicted octanol–water partition coefficient (Wildman–Crippen LogP) is 3.49. The van der Waals surface area contributed by atoms with Crippen LogP contribution >= 0.6 is 0 Å². The van der Waals surface area contributed by atoms with Crippen molar-refractivity contribution in [2.75, 3.05) is 6.54 Å². The zero-order chi connectivity index (χ0) is 20.8. The third kappa shape index (κ3) is 3.30. The van der Waals surface area contributed by atoms with E-state index >= 15 is 0 Å². The molecule has 5 nitrogen and oxygen atoms in total. The van der Waals surface area contributed by atoms with E-state index in [1.807, 2.05) is 12.1 Å². The highest BCUT2D eigenvalue weighted by Crippen LogP contribution is 2.31. The molecule has 1 aliphatic carbocycles. The summed E-state index contributed by atoms with van der Waals surface area (Å²) in [6.07, 6.45) is 4.07. The van der Waals surface area contributed by atoms with Crippen molar-refractivity contribution in [3.05, 3.63) is 70.3 Å². The number of carbonyl (C=O) groups is 3. The van der Waals surface area contributed by atoms with Crippen molar-refractivity contribution >= 4 is 17.7 Å². The van der Waals surface area contributed by atoms with Crippen LogP contribution in [0.5, 0.6) is 0 Å². The van der Waals surface area contributed by atoms with Gasteiger partial charge in [-0.1, -0.05) is 12.1 Å². The van der Waals surface area contributed by atoms with E-state index in [1.165, 1.54) is 12.5 Å². The lowest BCUT2D eigenvalue weighted by Gasteiger charge is -2.22. The molecule has 0 unspecified atom stereocenters. The Bertz CT molecular complexity index is 1040. The van der Waals surface area contributed by atoms with Crippen molar-refractivity contribution in [2.24, 2.45) is 0 Å². The Hall–Kier alpha value is -3.09. The number of imide groups is 1. The minimum absolute atomic E-state index is 0.278. The van der Waals surface area contributed by atoms with Gasteiger partial charge in [0.25, 0.3) is 5.91 Å². The van der Waals surface area contributed by atoms with Gasteiger partial charge in [-0.15, -0.1) is 0 Å². The maximum Gasteiger partial charge on any atom is 0.325 e. The number of aryl methyl sites for hydroxylation is 2. The van der Waals surface area contributed by atoms with Crippen LogP contribution in [0.4, 0.5) is 13.6 Å². The summed E-state index contributed by atoms with van der Waals surface area (Å²) in [6.45, 7) is 0.838. The molecule has 1 aliphatic heterocycles. The SMILES string of the molecule is C[C@@]1(c2cc(F)ccc2F)NC(=O)N(CC(=O)c2ccc3c(c2)CCCC3)C1=O. The van der Waals surface area contributed by atoms with Gasteiger partial charge in [-0.05, 0) is 68.0 Å². The first kappa shape index (κ1) is 19.2. The molecule has 2 aromatic rings. The summed E-state index contributed by atoms with van der Waals surface area (Å²) in [5.41, 5.74) is 0.707. The number of halogens is 2. The highest BCUT2D eigenvalue weighted by atomic mass is 19.1. The monoisotopic (exact) mass is 398 g/mol. The molecule has 1 N–H and O–H groups in total. The molecule has 2 aromatic carbocycles. The van der Waals surface area contributed by atoms with Crippen molar-refractivity contribution in [2.45, 2.75) is 38.1 Å². The zero-order valence-corrected chi connectivity index (χ0v) is 15.9. The van der Waals surface area contributed by atoms with Crippen molar-refractivity contribution in [3.8, 4) is 0 Å². The van der Waals surface area contributed by atoms with Crippen molar-refractivity contribution in [1.29, 1.82) is 0 Å². The number of nitrogens with one attached hydrogen (secondary N) is 1. The van der Waals surface area contributed by atoms with Gasteiger partial charge in [-0.25, -0.2) is 13.6 Å². The minimum atomic E-state index is -1.78. The number of carbonyl (C=O) groups excluding carboxylic acids is 3. The van der Waals surface area contributed by atoms with Gasteiger partial charge in [0.2, 0.25) is 0 Å². The first-order valence-electron chi connectivity index (χ1n) is 9.54. The number of ketones is 1. The highest BCUT2D eigenvalue weighted by Gasteiger charge is 2.50. The second kappa shape index (κ2) is 7.06. The molecule has 0 bridgehead atoms. The van der Waals surface area contributed by atoms with Gasteiger partial charge in [0, 0.05) is 11.1 Å². The van der Waals surface area contributed by atoms with E-state index in [9.17, 15) is 23.2 Å². The summed E-state index contributed by atoms with van der Waals surface area (Å²) in [5.74, 6) is -2.72. The molecule has 150 valence electrons. The van der Waals surface area contributed by atoms with Crippen LogP contribution in [0.2, 0.25) is 0 Å². The maximum atomic E-state index is 14.2. The molecule has 0 radical (unpaired) electrons. The molecule has 29 heavy (non-hydrogen) atoms. The molecule has 1 fully saturated rings. The molecule has 0 saturated carbocycles. The zero-order valence-electron chi connectivity index (χ0n) is 15.9. The lowest BCUT2D eigenvalue weighted by atomic mass is 9.89. The maximum absolute atomic E-state index is 14.2. The van der Waals surface area contributed by atoms with Gasteiger partial charge in [-0.3, -0.25) is 14.5 Å². The Kier molecular flexibility index (Phi) is 4.68. The number of fused-ring (bicyclic) bond motifs is 1. The van der Waals surface area contributed by atoms with Crippen LogP contribution in [0.15, 0.2) is 36.4 Å². The average molecular weight is 398 g/mol. The van der Waals surface area contributed by atoms with E-state index in [0.29, 0.717) is 5.56 Å². The van der Waals surface area contributed by atoms with Crippen LogP contribution in [0.1, 0.15) is 46.8 Å². The summed E-state index contributed by atoms with van der Waals surface area (Å²) in [4.78, 5) is 38.8. The first-order chi connectivity index (χ1) is 13.8. The predicted molar refractivity (Wildman–Crippen MR) is 101 cm³/mol. The Morgan fingerprint density at radius 2 is 1.79 bits per heavy atom. The van der Waals surface area contributed by atoms with Gasteiger partial charge in [-0.2, -0.15) is 0 Å². The van der Waals surface area contributed by atoms with E-state index < -0.39 is 35.7 Å². The second-order valence-corrected chi connectivity index (χ2v) is 7.68. The summed E-state index contributed by atoms with van der Waals surface area (Å²) in [7, 11) is 0. The van der Waals surface area contributed by atoms with E-state index in [4.69, 9.17) is 0 Å². The number of hydrogen-bond donors (Lipinski definition) is 1. The number of Topliss-reactive ketones (excluding diaryl/α,β-unsaturated/α-hetero) is 1. The van der Waals surface area contributed by atoms with Gasteiger partial charge in [0.05, 0.1) is 6.54 Å². The number of amides is 3. The molecular formula is C22H20F2N2O3. The Morgan fingerprint density at radius 3 is 2.55 bits per heavy atom. The minimum Gasteiger partial charge on any atom is -0.319 e. The van der Waals surface area contributed by atoms with Gasteiger partial charge >= 0.3 is 6.03 Å². The Balaban J connectivity index is 1.58. The fourth-order valence-electron chi connectivity index (χ4n) is 4.05. The Labute approximate surface area is 166 Å². The van der Waals surface area contributed by atoms with Crippen LogP contribution in [0, 0.1) is 11.6 Å². The summed E-state index contributed by atoms with van der Waals surface area (Å²) in [6, 6.07) is 7.34. The fraction of sp³-hybridized carbons (Fsp3) is 0.318. The molecule has 0 aromatic heterocycles. The molecular weight excluding hydrogens is 378 g/mol. The number of benzene rings is 2. The lowest BCUT2D eigenvalue weighted by Crippen LogP contribution is -2.42. The molecule has 1 atom stereocenters. The molecule has 1 heterocycles. The largest absolute Gasteiger partial charge is 0.325 e. The van der Waals surface area contributed by atoms with Crippen LogP contribution in [-0.4, -0.2) is 29.2 Å². The number of urea groups is 1. The van der Waals surface area contributed by atoms with Crippen LogP contribution < -0.4 is 5.32 Å². The number of rotatable bonds is 4. The van der Waals surface area contributed by atoms with E-state index in [2.05, 4.69) is 5.32 Å². The summed E-state index contributed by atoms with van der Waals surface area (Å²) < 4.78 is 27.8. The summed E-state index contributed by atoms with van der Waals surface area (Å²) >= 11 is 0. The Morgan fingerprint density at radius 1 is 1.07 bits per heavy atom. The van der Waals surface area contributed by atoms with E-state index in [-0.39, 0.29) is 11.3 Å². The lowest BCUT2D eigenvalue weighted by molar-refractivity contribution is -0.130. The van der Waals surface area contributed by atoms with Gasteiger partial charge < -0.3 is 5.32 Å². The van der Waals surface area contributed by atoms with Gasteiger partial charge in [0.15, 0.2) is 5.78 Å². The third-order valence-electron chi connectivity index (χ3n) is 5.71. The average Bonchev–Trinajstić information content (AvgIpc) is 2.93. The van der Waals surface area contributed by atoms with Gasteiger partial charge in [0.1, 0.15) is 17.2 Å². The van der Waals surface area contributed by atoms with Crippen molar-refractivity contribution < 1.29 is 23.2 Å². The fourth-order valence-corrected chi connectivity index (χ4v) is 4.05. The second-order valence-electron chi connectivity index (χ2n) is 7.68. The third-order valence-corrected chi connectivity index (χ3v) is 5.71. The molecule has 3 amide bonds. The smallest absolute Gasteiger partial charge is 0.319 e. The number of nitrogens with zero attached hydrogens (tertiary/aromatic N) is 1.